The summed E-state index contributed by atoms with van der Waals surface area (Å²) in [6, 6.07) is 9.78. The molecule has 0 bridgehead atoms. The standard InChI is InChI=1S/C23H19N9O/c1-31-12-15(10-28-31)22(20-11-27-30-32(20)2)29-16-8-17(23-19(9-16)24-5-6-25-23)14-3-4-21-18(7-14)26-13-33-21/h3-13,22,29H,1-2H3/t22-/m0/s1. The van der Waals surface area contributed by atoms with Crippen molar-refractivity contribution in [3.05, 3.63) is 79.0 Å². The van der Waals surface area contributed by atoms with Gasteiger partial charge >= 0.3 is 0 Å². The molecule has 0 amide bonds. The summed E-state index contributed by atoms with van der Waals surface area (Å²) < 4.78 is 8.93. The molecule has 4 heterocycles. The number of fused-ring (bicyclic) bond motifs is 2. The molecule has 10 heteroatoms. The highest BCUT2D eigenvalue weighted by Gasteiger charge is 2.21. The van der Waals surface area contributed by atoms with Gasteiger partial charge in [0.25, 0.3) is 0 Å². The van der Waals surface area contributed by atoms with E-state index in [1.807, 2.05) is 50.8 Å². The molecular formula is C23H19N9O. The smallest absolute Gasteiger partial charge is 0.181 e. The molecule has 0 saturated heterocycles. The maximum atomic E-state index is 5.40. The normalized spacial score (nSPS) is 12.4. The van der Waals surface area contributed by atoms with Crippen LogP contribution in [0.25, 0.3) is 33.3 Å². The molecule has 0 saturated carbocycles. The van der Waals surface area contributed by atoms with Crippen LogP contribution in [0.3, 0.4) is 0 Å². The molecule has 6 rings (SSSR count). The molecule has 162 valence electrons. The van der Waals surface area contributed by atoms with E-state index in [9.17, 15) is 0 Å². The van der Waals surface area contributed by atoms with E-state index in [2.05, 4.69) is 41.7 Å². The van der Waals surface area contributed by atoms with Crippen LogP contribution in [0, 0.1) is 0 Å². The molecule has 4 aromatic heterocycles. The minimum atomic E-state index is -0.210. The highest BCUT2D eigenvalue weighted by molar-refractivity contribution is 5.96. The summed E-state index contributed by atoms with van der Waals surface area (Å²) in [4.78, 5) is 13.5. The Balaban J connectivity index is 1.50. The molecule has 0 aliphatic rings. The summed E-state index contributed by atoms with van der Waals surface area (Å²) in [6.45, 7) is 0. The maximum absolute atomic E-state index is 5.40. The fourth-order valence-corrected chi connectivity index (χ4v) is 4.05. The van der Waals surface area contributed by atoms with Gasteiger partial charge in [-0.15, -0.1) is 5.10 Å². The molecule has 1 atom stereocenters. The van der Waals surface area contributed by atoms with Crippen molar-refractivity contribution in [3.63, 3.8) is 0 Å². The van der Waals surface area contributed by atoms with Crippen LogP contribution in [0.4, 0.5) is 5.69 Å². The second-order valence-electron chi connectivity index (χ2n) is 7.79. The molecule has 1 N–H and O–H groups in total. The monoisotopic (exact) mass is 437 g/mol. The Morgan fingerprint density at radius 3 is 2.70 bits per heavy atom. The van der Waals surface area contributed by atoms with Gasteiger partial charge in [-0.2, -0.15) is 5.10 Å². The highest BCUT2D eigenvalue weighted by atomic mass is 16.3. The van der Waals surface area contributed by atoms with Crippen molar-refractivity contribution in [2.75, 3.05) is 5.32 Å². The molecule has 0 radical (unpaired) electrons. The van der Waals surface area contributed by atoms with Crippen LogP contribution in [-0.2, 0) is 14.1 Å². The van der Waals surface area contributed by atoms with Gasteiger partial charge in [-0.05, 0) is 29.8 Å². The van der Waals surface area contributed by atoms with Gasteiger partial charge < -0.3 is 9.73 Å². The maximum Gasteiger partial charge on any atom is 0.181 e. The van der Waals surface area contributed by atoms with Gasteiger partial charge in [0.1, 0.15) is 5.52 Å². The fraction of sp³-hybridized carbons (Fsp3) is 0.130. The molecule has 0 unspecified atom stereocenters. The van der Waals surface area contributed by atoms with Crippen LogP contribution in [0.2, 0.25) is 0 Å². The first kappa shape index (κ1) is 19.1. The van der Waals surface area contributed by atoms with Gasteiger partial charge in [0.15, 0.2) is 12.0 Å². The third-order valence-corrected chi connectivity index (χ3v) is 5.63. The van der Waals surface area contributed by atoms with E-state index in [1.165, 1.54) is 6.39 Å². The summed E-state index contributed by atoms with van der Waals surface area (Å²) in [5.74, 6) is 0. The first-order valence-electron chi connectivity index (χ1n) is 10.3. The van der Waals surface area contributed by atoms with Crippen molar-refractivity contribution in [2.24, 2.45) is 14.1 Å². The summed E-state index contributed by atoms with van der Waals surface area (Å²) in [6.07, 6.45) is 10.4. The number of aryl methyl sites for hydroxylation is 2. The Morgan fingerprint density at radius 1 is 0.970 bits per heavy atom. The fourth-order valence-electron chi connectivity index (χ4n) is 4.05. The van der Waals surface area contributed by atoms with Crippen LogP contribution >= 0.6 is 0 Å². The Hall–Kier alpha value is -4.60. The molecule has 10 nitrogen and oxygen atoms in total. The lowest BCUT2D eigenvalue weighted by Gasteiger charge is -2.20. The Bertz CT molecular complexity index is 1600. The Morgan fingerprint density at radius 2 is 1.88 bits per heavy atom. The zero-order valence-electron chi connectivity index (χ0n) is 17.9. The SMILES string of the molecule is Cn1cc([C@H](Nc2cc(-c3ccc4ocnc4c3)c3nccnc3c2)c2cnnn2C)cn1. The lowest BCUT2D eigenvalue weighted by molar-refractivity contribution is 0.602. The first-order chi connectivity index (χ1) is 16.2. The molecule has 33 heavy (non-hydrogen) atoms. The number of anilines is 1. The molecule has 0 spiro atoms. The quantitative estimate of drug-likeness (QED) is 0.436. The van der Waals surface area contributed by atoms with Crippen molar-refractivity contribution in [3.8, 4) is 11.1 Å². The number of benzene rings is 2. The summed E-state index contributed by atoms with van der Waals surface area (Å²) in [5.41, 5.74) is 7.83. The van der Waals surface area contributed by atoms with E-state index in [0.29, 0.717) is 0 Å². The van der Waals surface area contributed by atoms with Gasteiger partial charge in [0.2, 0.25) is 0 Å². The average molecular weight is 437 g/mol. The lowest BCUT2D eigenvalue weighted by Crippen LogP contribution is -2.16. The van der Waals surface area contributed by atoms with Crippen LogP contribution in [0.5, 0.6) is 0 Å². The predicted octanol–water partition coefficient (Wildman–Crippen LogP) is 3.50. The van der Waals surface area contributed by atoms with Crippen LogP contribution < -0.4 is 5.32 Å². The van der Waals surface area contributed by atoms with Crippen molar-refractivity contribution in [1.82, 2.24) is 39.7 Å². The third-order valence-electron chi connectivity index (χ3n) is 5.63. The van der Waals surface area contributed by atoms with Gasteiger partial charge in [0.05, 0.1) is 35.2 Å². The summed E-state index contributed by atoms with van der Waals surface area (Å²) in [5, 5.41) is 16.2. The number of oxazole rings is 1. The van der Waals surface area contributed by atoms with E-state index in [4.69, 9.17) is 4.42 Å². The average Bonchev–Trinajstić information content (AvgIpc) is 3.57. The number of nitrogens with zero attached hydrogens (tertiary/aromatic N) is 8. The van der Waals surface area contributed by atoms with Gasteiger partial charge in [-0.25, -0.2) is 9.67 Å². The number of hydrogen-bond acceptors (Lipinski definition) is 8. The molecule has 2 aromatic carbocycles. The topological polar surface area (TPSA) is 112 Å². The highest BCUT2D eigenvalue weighted by Crippen LogP contribution is 2.34. The minimum absolute atomic E-state index is 0.210. The van der Waals surface area contributed by atoms with Crippen molar-refractivity contribution >= 4 is 27.8 Å². The zero-order valence-corrected chi connectivity index (χ0v) is 17.9. The van der Waals surface area contributed by atoms with E-state index in [0.717, 1.165) is 50.2 Å². The molecule has 0 aliphatic carbocycles. The van der Waals surface area contributed by atoms with Gasteiger partial charge in [0, 0.05) is 49.5 Å². The Kier molecular flexibility index (Phi) is 4.35. The van der Waals surface area contributed by atoms with Crippen LogP contribution in [-0.4, -0.2) is 39.7 Å². The molecular weight excluding hydrogens is 418 g/mol. The predicted molar refractivity (Wildman–Crippen MR) is 122 cm³/mol. The van der Waals surface area contributed by atoms with E-state index in [-0.39, 0.29) is 6.04 Å². The Labute approximate surface area is 187 Å². The number of hydrogen-bond donors (Lipinski definition) is 1. The summed E-state index contributed by atoms with van der Waals surface area (Å²) in [7, 11) is 3.77. The van der Waals surface area contributed by atoms with E-state index >= 15 is 0 Å². The van der Waals surface area contributed by atoms with Crippen LogP contribution in [0.15, 0.2) is 72.1 Å². The minimum Gasteiger partial charge on any atom is -0.443 e. The number of aromatic nitrogens is 8. The van der Waals surface area contributed by atoms with Crippen molar-refractivity contribution in [1.29, 1.82) is 0 Å². The molecule has 0 aliphatic heterocycles. The largest absolute Gasteiger partial charge is 0.443 e. The van der Waals surface area contributed by atoms with Crippen LogP contribution in [0.1, 0.15) is 17.3 Å². The summed E-state index contributed by atoms with van der Waals surface area (Å²) >= 11 is 0. The van der Waals surface area contributed by atoms with Crippen molar-refractivity contribution in [2.45, 2.75) is 6.04 Å². The molecule has 0 fully saturated rings. The van der Waals surface area contributed by atoms with Gasteiger partial charge in [-0.1, -0.05) is 11.3 Å². The number of nitrogens with one attached hydrogen (secondary N) is 1. The van der Waals surface area contributed by atoms with E-state index in [1.54, 1.807) is 28.0 Å². The van der Waals surface area contributed by atoms with Gasteiger partial charge in [-0.3, -0.25) is 14.6 Å². The van der Waals surface area contributed by atoms with E-state index < -0.39 is 0 Å². The molecule has 6 aromatic rings. The lowest BCUT2D eigenvalue weighted by atomic mass is 10.0. The second kappa shape index (κ2) is 7.52. The zero-order chi connectivity index (χ0) is 22.4. The van der Waals surface area contributed by atoms with Crippen molar-refractivity contribution < 1.29 is 4.42 Å². The number of rotatable bonds is 5. The third kappa shape index (κ3) is 3.37. The first-order valence-corrected chi connectivity index (χ1v) is 10.3. The second-order valence-corrected chi connectivity index (χ2v) is 7.79.